The predicted molar refractivity (Wildman–Crippen MR) is 46.9 cm³/mol. The molecule has 1 rings (SSSR count). The molecule has 12 heavy (non-hydrogen) atoms. The number of esters is 1. The van der Waals surface area contributed by atoms with Crippen LogP contribution >= 0.6 is 0 Å². The molecular weight excluding hydrogens is 154 g/mol. The van der Waals surface area contributed by atoms with Gasteiger partial charge in [0, 0.05) is 6.54 Å². The van der Waals surface area contributed by atoms with Gasteiger partial charge in [0.15, 0.2) is 0 Å². The number of ether oxygens (including phenoxy) is 1. The van der Waals surface area contributed by atoms with Gasteiger partial charge in [0.05, 0.1) is 12.5 Å². The average Bonchev–Trinajstić information content (AvgIpc) is 2.47. The number of rotatable bonds is 4. The Balaban J connectivity index is 2.33. The Hall–Kier alpha value is -0.570. The van der Waals surface area contributed by atoms with E-state index in [1.165, 1.54) is 0 Å². The smallest absolute Gasteiger partial charge is 0.310 e. The molecule has 70 valence electrons. The van der Waals surface area contributed by atoms with Crippen LogP contribution < -0.4 is 0 Å². The molecule has 1 aliphatic rings. The van der Waals surface area contributed by atoms with Crippen LogP contribution in [0.3, 0.4) is 0 Å². The van der Waals surface area contributed by atoms with Crippen LogP contribution in [0.2, 0.25) is 0 Å². The van der Waals surface area contributed by atoms with Crippen molar-refractivity contribution in [2.75, 3.05) is 26.2 Å². The lowest BCUT2D eigenvalue weighted by molar-refractivity contribution is -0.141. The van der Waals surface area contributed by atoms with E-state index in [2.05, 4.69) is 18.7 Å². The van der Waals surface area contributed by atoms with Crippen molar-refractivity contribution in [2.45, 2.75) is 20.3 Å². The van der Waals surface area contributed by atoms with Gasteiger partial charge in [0.2, 0.25) is 0 Å². The van der Waals surface area contributed by atoms with Crippen molar-refractivity contribution >= 4 is 5.97 Å². The van der Waals surface area contributed by atoms with Crippen LogP contribution in [-0.2, 0) is 9.53 Å². The first-order chi connectivity index (χ1) is 5.77. The Kier molecular flexibility index (Phi) is 3.53. The van der Waals surface area contributed by atoms with Gasteiger partial charge in [0.1, 0.15) is 0 Å². The van der Waals surface area contributed by atoms with Gasteiger partial charge in [-0.05, 0) is 19.5 Å². The van der Waals surface area contributed by atoms with Gasteiger partial charge < -0.3 is 9.64 Å². The summed E-state index contributed by atoms with van der Waals surface area (Å²) in [6, 6.07) is 0. The van der Waals surface area contributed by atoms with Crippen LogP contribution in [0.15, 0.2) is 0 Å². The van der Waals surface area contributed by atoms with Crippen molar-refractivity contribution < 1.29 is 9.53 Å². The molecule has 0 aromatic carbocycles. The van der Waals surface area contributed by atoms with Crippen molar-refractivity contribution in [3.8, 4) is 0 Å². The van der Waals surface area contributed by atoms with Crippen LogP contribution in [0.4, 0.5) is 0 Å². The van der Waals surface area contributed by atoms with E-state index in [1.807, 2.05) is 0 Å². The molecule has 0 spiro atoms. The standard InChI is InChI=1S/C9H17NO2/c1-3-10(4-2)7-8-5-6-12-9(8)11/h8H,3-7H2,1-2H3. The third-order valence-corrected chi connectivity index (χ3v) is 2.42. The molecule has 3 heteroatoms. The number of carbonyl (C=O) groups excluding carboxylic acids is 1. The lowest BCUT2D eigenvalue weighted by Crippen LogP contribution is -2.31. The summed E-state index contributed by atoms with van der Waals surface area (Å²) in [6.45, 7) is 7.74. The molecule has 1 atom stereocenters. The first-order valence-electron chi connectivity index (χ1n) is 4.66. The minimum atomic E-state index is -0.0121. The van der Waals surface area contributed by atoms with Crippen molar-refractivity contribution in [3.05, 3.63) is 0 Å². The molecule has 0 aromatic heterocycles. The third-order valence-electron chi connectivity index (χ3n) is 2.42. The van der Waals surface area contributed by atoms with E-state index >= 15 is 0 Å². The van der Waals surface area contributed by atoms with Gasteiger partial charge >= 0.3 is 5.97 Å². The Bertz CT molecular complexity index is 155. The molecule has 1 saturated heterocycles. The van der Waals surface area contributed by atoms with Gasteiger partial charge in [-0.25, -0.2) is 0 Å². The van der Waals surface area contributed by atoms with Crippen LogP contribution in [0.25, 0.3) is 0 Å². The highest BCUT2D eigenvalue weighted by Gasteiger charge is 2.27. The summed E-state index contributed by atoms with van der Waals surface area (Å²) in [5.74, 6) is 0.117. The number of hydrogen-bond donors (Lipinski definition) is 0. The number of nitrogens with zero attached hydrogens (tertiary/aromatic N) is 1. The van der Waals surface area contributed by atoms with Gasteiger partial charge in [-0.1, -0.05) is 13.8 Å². The molecule has 0 saturated carbocycles. The minimum absolute atomic E-state index is 0.0121. The zero-order valence-corrected chi connectivity index (χ0v) is 7.88. The molecule has 1 fully saturated rings. The normalized spacial score (nSPS) is 23.2. The Labute approximate surface area is 73.7 Å². The molecule has 1 unspecified atom stereocenters. The highest BCUT2D eigenvalue weighted by Crippen LogP contribution is 2.15. The maximum atomic E-state index is 11.1. The molecule has 3 nitrogen and oxygen atoms in total. The molecule has 0 aromatic rings. The van der Waals surface area contributed by atoms with E-state index in [0.29, 0.717) is 6.61 Å². The van der Waals surface area contributed by atoms with Gasteiger partial charge in [-0.2, -0.15) is 0 Å². The zero-order valence-electron chi connectivity index (χ0n) is 7.88. The van der Waals surface area contributed by atoms with E-state index < -0.39 is 0 Å². The molecule has 1 heterocycles. The highest BCUT2D eigenvalue weighted by molar-refractivity contribution is 5.74. The highest BCUT2D eigenvalue weighted by atomic mass is 16.5. The van der Waals surface area contributed by atoms with Crippen molar-refractivity contribution in [3.63, 3.8) is 0 Å². The third kappa shape index (κ3) is 2.21. The maximum absolute atomic E-state index is 11.1. The predicted octanol–water partition coefficient (Wildman–Crippen LogP) is 0.891. The maximum Gasteiger partial charge on any atom is 0.310 e. The molecule has 0 bridgehead atoms. The topological polar surface area (TPSA) is 29.5 Å². The summed E-state index contributed by atoms with van der Waals surface area (Å²) in [6.07, 6.45) is 0.898. The van der Waals surface area contributed by atoms with E-state index in [9.17, 15) is 4.79 Å². The number of carbonyl (C=O) groups is 1. The SMILES string of the molecule is CCN(CC)CC1CCOC1=O. The molecule has 0 aliphatic carbocycles. The van der Waals surface area contributed by atoms with Gasteiger partial charge in [-0.15, -0.1) is 0 Å². The van der Waals surface area contributed by atoms with Crippen molar-refractivity contribution in [1.29, 1.82) is 0 Å². The largest absolute Gasteiger partial charge is 0.465 e. The minimum Gasteiger partial charge on any atom is -0.465 e. The average molecular weight is 171 g/mol. The van der Waals surface area contributed by atoms with E-state index in [4.69, 9.17) is 4.74 Å². The van der Waals surface area contributed by atoms with Crippen LogP contribution in [0.1, 0.15) is 20.3 Å². The summed E-state index contributed by atoms with van der Waals surface area (Å²) in [5.41, 5.74) is 0. The lowest BCUT2D eigenvalue weighted by atomic mass is 10.1. The molecular formula is C9H17NO2. The zero-order chi connectivity index (χ0) is 8.97. The fourth-order valence-corrected chi connectivity index (χ4v) is 1.50. The van der Waals surface area contributed by atoms with Gasteiger partial charge in [0.25, 0.3) is 0 Å². The Morgan fingerprint density at radius 2 is 2.17 bits per heavy atom. The van der Waals surface area contributed by atoms with E-state index in [1.54, 1.807) is 0 Å². The second kappa shape index (κ2) is 4.45. The lowest BCUT2D eigenvalue weighted by Gasteiger charge is -2.19. The molecule has 0 amide bonds. The number of hydrogen-bond acceptors (Lipinski definition) is 3. The molecule has 1 aliphatic heterocycles. The van der Waals surface area contributed by atoms with Crippen molar-refractivity contribution in [1.82, 2.24) is 4.90 Å². The second-order valence-corrected chi connectivity index (χ2v) is 3.14. The van der Waals surface area contributed by atoms with Gasteiger partial charge in [-0.3, -0.25) is 4.79 Å². The molecule has 0 N–H and O–H groups in total. The monoisotopic (exact) mass is 171 g/mol. The summed E-state index contributed by atoms with van der Waals surface area (Å²) in [7, 11) is 0. The van der Waals surface area contributed by atoms with Crippen molar-refractivity contribution in [2.24, 2.45) is 5.92 Å². The fraction of sp³-hybridized carbons (Fsp3) is 0.889. The molecule has 0 radical (unpaired) electrons. The first kappa shape index (κ1) is 9.52. The van der Waals surface area contributed by atoms with Crippen LogP contribution in [0, 0.1) is 5.92 Å². The quantitative estimate of drug-likeness (QED) is 0.588. The summed E-state index contributed by atoms with van der Waals surface area (Å²) < 4.78 is 4.89. The summed E-state index contributed by atoms with van der Waals surface area (Å²) >= 11 is 0. The summed E-state index contributed by atoms with van der Waals surface area (Å²) in [5, 5.41) is 0. The fourth-order valence-electron chi connectivity index (χ4n) is 1.50. The van der Waals surface area contributed by atoms with Crippen LogP contribution in [0.5, 0.6) is 0 Å². The second-order valence-electron chi connectivity index (χ2n) is 3.14. The number of cyclic esters (lactones) is 1. The Morgan fingerprint density at radius 3 is 2.58 bits per heavy atom. The Morgan fingerprint density at radius 1 is 1.50 bits per heavy atom. The van der Waals surface area contributed by atoms with E-state index in [-0.39, 0.29) is 11.9 Å². The van der Waals surface area contributed by atoms with Crippen LogP contribution in [-0.4, -0.2) is 37.1 Å². The van der Waals surface area contributed by atoms with E-state index in [0.717, 1.165) is 26.1 Å². The summed E-state index contributed by atoms with van der Waals surface area (Å²) in [4.78, 5) is 13.4. The first-order valence-corrected chi connectivity index (χ1v) is 4.66.